The van der Waals surface area contributed by atoms with E-state index in [4.69, 9.17) is 4.18 Å². The van der Waals surface area contributed by atoms with Crippen molar-refractivity contribution < 1.29 is 12.6 Å². The van der Waals surface area contributed by atoms with Crippen LogP contribution in [0, 0.1) is 0 Å². The Bertz CT molecular complexity index is 1010. The minimum Gasteiger partial charge on any atom is -0.376 e. The molecule has 140 valence electrons. The lowest BCUT2D eigenvalue weighted by Gasteiger charge is -2.29. The van der Waals surface area contributed by atoms with Crippen LogP contribution in [0.2, 0.25) is 0 Å². The van der Waals surface area contributed by atoms with Crippen molar-refractivity contribution in [2.75, 3.05) is 18.0 Å². The summed E-state index contributed by atoms with van der Waals surface area (Å²) in [6.45, 7) is 1.84. The number of nitrogens with zero attached hydrogens (tertiary/aromatic N) is 2. The fraction of sp³-hybridized carbons (Fsp3) is 0.250. The highest BCUT2D eigenvalue weighted by atomic mass is 32.3. The highest BCUT2D eigenvalue weighted by molar-refractivity contribution is 7.89. The summed E-state index contributed by atoms with van der Waals surface area (Å²) < 4.78 is 31.4. The summed E-state index contributed by atoms with van der Waals surface area (Å²) in [5.74, 6) is 0.382. The van der Waals surface area contributed by atoms with Gasteiger partial charge in [0.05, 0.1) is 16.3 Å². The molecule has 0 N–H and O–H groups in total. The Morgan fingerprint density at radius 1 is 0.926 bits per heavy atom. The Labute approximate surface area is 163 Å². The van der Waals surface area contributed by atoms with Crippen LogP contribution >= 0.6 is 11.3 Å². The zero-order valence-corrected chi connectivity index (χ0v) is 16.4. The van der Waals surface area contributed by atoms with Gasteiger partial charge in [0.1, 0.15) is 0 Å². The van der Waals surface area contributed by atoms with E-state index in [2.05, 4.69) is 9.88 Å². The highest BCUT2D eigenvalue weighted by Crippen LogP contribution is 2.35. The molecule has 0 spiro atoms. The van der Waals surface area contributed by atoms with Crippen molar-refractivity contribution in [3.63, 3.8) is 0 Å². The second-order valence-electron chi connectivity index (χ2n) is 6.39. The minimum atomic E-state index is -3.90. The highest BCUT2D eigenvalue weighted by Gasteiger charge is 2.23. The van der Waals surface area contributed by atoms with Crippen LogP contribution in [0.25, 0.3) is 10.6 Å². The second-order valence-corrected chi connectivity index (χ2v) is 9.24. The first kappa shape index (κ1) is 18.0. The lowest BCUT2D eigenvalue weighted by atomic mass is 10.1. The van der Waals surface area contributed by atoms with Crippen LogP contribution in [-0.4, -0.2) is 26.5 Å². The van der Waals surface area contributed by atoms with Gasteiger partial charge >= 0.3 is 10.1 Å². The van der Waals surface area contributed by atoms with E-state index in [9.17, 15) is 8.42 Å². The van der Waals surface area contributed by atoms with Crippen LogP contribution in [0.4, 0.5) is 5.69 Å². The molecule has 1 aromatic carbocycles. The molecule has 5 nitrogen and oxygen atoms in total. The summed E-state index contributed by atoms with van der Waals surface area (Å²) in [5, 5.41) is 0. The molecule has 1 fully saturated rings. The molecule has 0 radical (unpaired) electrons. The van der Waals surface area contributed by atoms with Gasteiger partial charge in [0, 0.05) is 19.3 Å². The molecule has 0 atom stereocenters. The van der Waals surface area contributed by atoms with Gasteiger partial charge in [0.2, 0.25) is 0 Å². The summed E-state index contributed by atoms with van der Waals surface area (Å²) >= 11 is 1.16. The van der Waals surface area contributed by atoms with Crippen molar-refractivity contribution >= 4 is 27.1 Å². The molecule has 0 bridgehead atoms. The molecule has 1 aliphatic rings. The number of piperidine rings is 1. The fourth-order valence-electron chi connectivity index (χ4n) is 3.18. The molecule has 0 saturated carbocycles. The molecule has 1 aliphatic heterocycles. The Kier molecular flexibility index (Phi) is 5.13. The van der Waals surface area contributed by atoms with Crippen LogP contribution in [0.5, 0.6) is 5.75 Å². The van der Waals surface area contributed by atoms with Crippen molar-refractivity contribution in [1.29, 1.82) is 0 Å². The molecule has 0 aliphatic carbocycles. The number of benzene rings is 1. The number of rotatable bonds is 5. The van der Waals surface area contributed by atoms with E-state index >= 15 is 0 Å². The van der Waals surface area contributed by atoms with Gasteiger partial charge < -0.3 is 9.08 Å². The van der Waals surface area contributed by atoms with Crippen molar-refractivity contribution in [2.45, 2.75) is 23.5 Å². The quantitative estimate of drug-likeness (QED) is 0.587. The number of hydrogen-bond acceptors (Lipinski definition) is 6. The third-order valence-electron chi connectivity index (χ3n) is 4.51. The number of para-hydroxylation sites is 2. The molecule has 2 aromatic heterocycles. The summed E-state index contributed by atoms with van der Waals surface area (Å²) in [6.07, 6.45) is 5.12. The zero-order chi connectivity index (χ0) is 18.7. The summed E-state index contributed by atoms with van der Waals surface area (Å²) in [6, 6.07) is 16.2. The van der Waals surface area contributed by atoms with Gasteiger partial charge in [-0.1, -0.05) is 18.2 Å². The van der Waals surface area contributed by atoms with Gasteiger partial charge in [0.15, 0.2) is 9.96 Å². The SMILES string of the molecule is O=S(=O)(Oc1ccccc1N1CCCCC1)c1ccc(-c2ccccn2)s1. The Morgan fingerprint density at radius 3 is 2.48 bits per heavy atom. The molecular formula is C20H20N2O3S2. The van der Waals surface area contributed by atoms with Crippen LogP contribution in [0.15, 0.2) is 65.0 Å². The van der Waals surface area contributed by atoms with Crippen LogP contribution in [-0.2, 0) is 10.1 Å². The smallest absolute Gasteiger partial charge is 0.348 e. The summed E-state index contributed by atoms with van der Waals surface area (Å²) in [7, 11) is -3.90. The molecule has 7 heteroatoms. The summed E-state index contributed by atoms with van der Waals surface area (Å²) in [5.41, 5.74) is 1.58. The lowest BCUT2D eigenvalue weighted by Crippen LogP contribution is -2.30. The monoisotopic (exact) mass is 400 g/mol. The van der Waals surface area contributed by atoms with E-state index in [1.54, 1.807) is 30.5 Å². The standard InChI is InChI=1S/C20H20N2O3S2/c23-27(24,20-12-11-19(26-20)16-8-4-5-13-21-16)25-18-10-3-2-9-17(18)22-14-6-1-7-15-22/h2-5,8-13H,1,6-7,14-15H2. The van der Waals surface area contributed by atoms with E-state index in [-0.39, 0.29) is 4.21 Å². The minimum absolute atomic E-state index is 0.177. The molecule has 27 heavy (non-hydrogen) atoms. The van der Waals surface area contributed by atoms with Gasteiger partial charge in [-0.15, -0.1) is 11.3 Å². The predicted octanol–water partition coefficient (Wildman–Crippen LogP) is 4.57. The second kappa shape index (κ2) is 7.70. The number of pyridine rings is 1. The van der Waals surface area contributed by atoms with Crippen molar-refractivity contribution in [3.8, 4) is 16.3 Å². The molecule has 1 saturated heterocycles. The molecule has 3 aromatic rings. The van der Waals surface area contributed by atoms with E-state index in [1.165, 1.54) is 6.42 Å². The molecule has 0 unspecified atom stereocenters. The third kappa shape index (κ3) is 3.99. The molecule has 3 heterocycles. The van der Waals surface area contributed by atoms with Crippen LogP contribution < -0.4 is 9.08 Å². The van der Waals surface area contributed by atoms with Gasteiger partial charge in [-0.05, 0) is 55.7 Å². The molecule has 0 amide bonds. The summed E-state index contributed by atoms with van der Waals surface area (Å²) in [4.78, 5) is 7.26. The maximum atomic E-state index is 12.8. The zero-order valence-electron chi connectivity index (χ0n) is 14.7. The first-order valence-electron chi connectivity index (χ1n) is 8.93. The van der Waals surface area contributed by atoms with E-state index < -0.39 is 10.1 Å². The Morgan fingerprint density at radius 2 is 1.70 bits per heavy atom. The molecule has 4 rings (SSSR count). The van der Waals surface area contributed by atoms with Crippen LogP contribution in [0.1, 0.15) is 19.3 Å². The number of thiophene rings is 1. The normalized spacial score (nSPS) is 14.9. The van der Waals surface area contributed by atoms with Gasteiger partial charge in [-0.3, -0.25) is 4.98 Å². The van der Waals surface area contributed by atoms with E-state index in [0.29, 0.717) is 5.75 Å². The maximum absolute atomic E-state index is 12.8. The Balaban J connectivity index is 1.60. The lowest BCUT2D eigenvalue weighted by molar-refractivity contribution is 0.485. The average molecular weight is 401 g/mol. The largest absolute Gasteiger partial charge is 0.376 e. The molecular weight excluding hydrogens is 380 g/mol. The predicted molar refractivity (Wildman–Crippen MR) is 108 cm³/mol. The average Bonchev–Trinajstić information content (AvgIpc) is 3.21. The first-order valence-corrected chi connectivity index (χ1v) is 11.2. The topological polar surface area (TPSA) is 59.5 Å². The fourth-order valence-corrected chi connectivity index (χ4v) is 5.37. The van der Waals surface area contributed by atoms with Crippen molar-refractivity contribution in [2.24, 2.45) is 0 Å². The number of aromatic nitrogens is 1. The van der Waals surface area contributed by atoms with Gasteiger partial charge in [-0.25, -0.2) is 0 Å². The Hall–Kier alpha value is -2.38. The van der Waals surface area contributed by atoms with Gasteiger partial charge in [0.25, 0.3) is 0 Å². The first-order chi connectivity index (χ1) is 13.1. The van der Waals surface area contributed by atoms with E-state index in [0.717, 1.165) is 53.5 Å². The van der Waals surface area contributed by atoms with Crippen LogP contribution in [0.3, 0.4) is 0 Å². The third-order valence-corrected chi connectivity index (χ3v) is 7.30. The maximum Gasteiger partial charge on any atom is 0.348 e. The number of anilines is 1. The van der Waals surface area contributed by atoms with Crippen molar-refractivity contribution in [3.05, 3.63) is 60.8 Å². The van der Waals surface area contributed by atoms with E-state index in [1.807, 2.05) is 30.3 Å². The van der Waals surface area contributed by atoms with Gasteiger partial charge in [-0.2, -0.15) is 8.42 Å². The number of hydrogen-bond donors (Lipinski definition) is 0. The van der Waals surface area contributed by atoms with Crippen molar-refractivity contribution in [1.82, 2.24) is 4.98 Å².